The normalized spacial score (nSPS) is 12.0. The molecule has 1 heterocycles. The predicted molar refractivity (Wildman–Crippen MR) is 141 cm³/mol. The Bertz CT molecular complexity index is 1200. The molecule has 0 aliphatic carbocycles. The molecule has 2 aromatic carbocycles. The van der Waals surface area contributed by atoms with E-state index in [9.17, 15) is 9.59 Å². The van der Waals surface area contributed by atoms with Crippen molar-refractivity contribution in [1.82, 2.24) is 5.32 Å². The van der Waals surface area contributed by atoms with Gasteiger partial charge in [-0.2, -0.15) is 0 Å². The molecule has 3 aromatic rings. The number of carbonyl (C=O) groups excluding carboxylic acids is 2. The van der Waals surface area contributed by atoms with Gasteiger partial charge >= 0.3 is 5.97 Å². The van der Waals surface area contributed by atoms with Gasteiger partial charge in [0.05, 0.1) is 38.4 Å². The van der Waals surface area contributed by atoms with E-state index in [1.165, 1.54) is 25.6 Å². The standard InChI is InChI=1S/C27H30N2O7S/c1-32-16-18-14-21(33-2)24(22(15-18)34-3)19-10-8-17(9-11-19)13-20(27(31)35-4)28-26(30)25(29-36-5)23-7-6-12-37-23/h6-12,14-15,20H,13,16H2,1-5H3,(H,28,30)/t20-/m0/s1. The number of rotatable bonds is 12. The molecule has 0 unspecified atom stereocenters. The number of hydrogen-bond acceptors (Lipinski definition) is 9. The second-order valence-corrected chi connectivity index (χ2v) is 8.81. The Kier molecular flexibility index (Phi) is 10.0. The van der Waals surface area contributed by atoms with Gasteiger partial charge in [-0.15, -0.1) is 11.3 Å². The van der Waals surface area contributed by atoms with E-state index in [1.807, 2.05) is 41.8 Å². The SMILES string of the molecule is COCc1cc(OC)c(-c2ccc(C[C@H](NC(=O)C(=NOC)c3cccs3)C(=O)OC)cc2)c(OC)c1. The average molecular weight is 527 g/mol. The van der Waals surface area contributed by atoms with Gasteiger partial charge in [-0.25, -0.2) is 4.79 Å². The van der Waals surface area contributed by atoms with Gasteiger partial charge in [-0.05, 0) is 40.3 Å². The van der Waals surface area contributed by atoms with E-state index in [4.69, 9.17) is 23.8 Å². The van der Waals surface area contributed by atoms with Crippen LogP contribution in [0.25, 0.3) is 11.1 Å². The molecule has 37 heavy (non-hydrogen) atoms. The molecule has 0 spiro atoms. The molecule has 0 aliphatic rings. The fraction of sp³-hybridized carbons (Fsp3) is 0.296. The van der Waals surface area contributed by atoms with Gasteiger partial charge in [0.25, 0.3) is 5.91 Å². The predicted octanol–water partition coefficient (Wildman–Crippen LogP) is 3.83. The van der Waals surface area contributed by atoms with Crippen LogP contribution in [0, 0.1) is 0 Å². The summed E-state index contributed by atoms with van der Waals surface area (Å²) in [6, 6.07) is 14.0. The third kappa shape index (κ3) is 6.87. The highest BCUT2D eigenvalue weighted by molar-refractivity contribution is 7.13. The van der Waals surface area contributed by atoms with Crippen LogP contribution >= 0.6 is 11.3 Å². The number of nitrogens with zero attached hydrogens (tertiary/aromatic N) is 1. The summed E-state index contributed by atoms with van der Waals surface area (Å²) in [6.45, 7) is 0.426. The maximum atomic E-state index is 12.9. The first-order valence-electron chi connectivity index (χ1n) is 11.3. The molecule has 3 rings (SSSR count). The van der Waals surface area contributed by atoms with Gasteiger partial charge in [-0.3, -0.25) is 4.79 Å². The number of thiophene rings is 1. The van der Waals surface area contributed by atoms with Crippen LogP contribution in [0.4, 0.5) is 0 Å². The minimum absolute atomic E-state index is 0.0814. The van der Waals surface area contributed by atoms with Gasteiger partial charge < -0.3 is 29.1 Å². The number of carbonyl (C=O) groups is 2. The topological polar surface area (TPSA) is 105 Å². The Morgan fingerprint density at radius 3 is 2.14 bits per heavy atom. The van der Waals surface area contributed by atoms with Crippen molar-refractivity contribution in [3.8, 4) is 22.6 Å². The number of benzene rings is 2. The van der Waals surface area contributed by atoms with Crippen LogP contribution in [0.1, 0.15) is 16.0 Å². The molecule has 1 aromatic heterocycles. The third-order valence-corrected chi connectivity index (χ3v) is 6.38. The number of methoxy groups -OCH3 is 4. The largest absolute Gasteiger partial charge is 0.496 e. The number of amides is 1. The van der Waals surface area contributed by atoms with E-state index < -0.39 is 17.9 Å². The smallest absolute Gasteiger partial charge is 0.328 e. The van der Waals surface area contributed by atoms with E-state index in [0.29, 0.717) is 23.0 Å². The van der Waals surface area contributed by atoms with Gasteiger partial charge in [0.1, 0.15) is 24.7 Å². The Hall–Kier alpha value is -3.89. The number of oxime groups is 1. The summed E-state index contributed by atoms with van der Waals surface area (Å²) in [5.41, 5.74) is 3.48. The molecule has 1 N–H and O–H groups in total. The van der Waals surface area contributed by atoms with E-state index in [2.05, 4.69) is 10.5 Å². The Morgan fingerprint density at radius 2 is 1.62 bits per heavy atom. The maximum Gasteiger partial charge on any atom is 0.328 e. The molecular formula is C27H30N2O7S. The van der Waals surface area contributed by atoms with Crippen LogP contribution in [-0.2, 0) is 36.9 Å². The van der Waals surface area contributed by atoms with Gasteiger partial charge in [-0.1, -0.05) is 35.5 Å². The summed E-state index contributed by atoms with van der Waals surface area (Å²) >= 11 is 1.34. The first-order valence-corrected chi connectivity index (χ1v) is 12.2. The zero-order valence-electron chi connectivity index (χ0n) is 21.4. The molecule has 196 valence electrons. The molecule has 9 nitrogen and oxygen atoms in total. The van der Waals surface area contributed by atoms with E-state index >= 15 is 0 Å². The summed E-state index contributed by atoms with van der Waals surface area (Å²) in [5.74, 6) is 0.189. The molecule has 0 radical (unpaired) electrons. The van der Waals surface area contributed by atoms with E-state index in [1.54, 1.807) is 33.5 Å². The average Bonchev–Trinajstić information content (AvgIpc) is 3.45. The van der Waals surface area contributed by atoms with Crippen LogP contribution in [0.5, 0.6) is 11.5 Å². The second-order valence-electron chi connectivity index (χ2n) is 7.86. The molecule has 10 heteroatoms. The first kappa shape index (κ1) is 27.7. The summed E-state index contributed by atoms with van der Waals surface area (Å²) in [6.07, 6.45) is 0.213. The van der Waals surface area contributed by atoms with Crippen molar-refractivity contribution < 1.29 is 33.4 Å². The lowest BCUT2D eigenvalue weighted by molar-refractivity contribution is -0.144. The van der Waals surface area contributed by atoms with Gasteiger partial charge in [0.15, 0.2) is 5.71 Å². The molecule has 0 saturated carbocycles. The van der Waals surface area contributed by atoms with Crippen LogP contribution in [0.3, 0.4) is 0 Å². The van der Waals surface area contributed by atoms with Crippen molar-refractivity contribution in [2.75, 3.05) is 35.5 Å². The summed E-state index contributed by atoms with van der Waals surface area (Å²) in [5, 5.41) is 8.38. The lowest BCUT2D eigenvalue weighted by Gasteiger charge is -2.18. The van der Waals surface area contributed by atoms with Crippen molar-refractivity contribution in [2.24, 2.45) is 5.16 Å². The fourth-order valence-electron chi connectivity index (χ4n) is 3.81. The number of hydrogen-bond donors (Lipinski definition) is 1. The molecule has 0 bridgehead atoms. The van der Waals surface area contributed by atoms with Crippen LogP contribution in [0.15, 0.2) is 59.1 Å². The minimum Gasteiger partial charge on any atom is -0.496 e. The Labute approximate surface area is 219 Å². The molecule has 0 fully saturated rings. The van der Waals surface area contributed by atoms with Crippen molar-refractivity contribution in [1.29, 1.82) is 0 Å². The monoisotopic (exact) mass is 526 g/mol. The quantitative estimate of drug-likeness (QED) is 0.217. The first-order chi connectivity index (χ1) is 17.9. The van der Waals surface area contributed by atoms with Gasteiger partial charge in [0.2, 0.25) is 0 Å². The highest BCUT2D eigenvalue weighted by Crippen LogP contribution is 2.40. The van der Waals surface area contributed by atoms with Crippen molar-refractivity contribution in [3.05, 3.63) is 69.9 Å². The minimum atomic E-state index is -0.928. The van der Waals surface area contributed by atoms with Crippen molar-refractivity contribution >= 4 is 28.9 Å². The van der Waals surface area contributed by atoms with Gasteiger partial charge in [0, 0.05) is 13.5 Å². The Morgan fingerprint density at radius 1 is 0.946 bits per heavy atom. The van der Waals surface area contributed by atoms with Crippen molar-refractivity contribution in [2.45, 2.75) is 19.1 Å². The summed E-state index contributed by atoms with van der Waals surface area (Å²) in [7, 11) is 7.46. The fourth-order valence-corrected chi connectivity index (χ4v) is 4.51. The zero-order chi connectivity index (χ0) is 26.8. The molecule has 1 atom stereocenters. The molecule has 1 amide bonds. The highest BCUT2D eigenvalue weighted by Gasteiger charge is 2.26. The number of nitrogens with one attached hydrogen (secondary N) is 1. The van der Waals surface area contributed by atoms with Crippen LogP contribution in [0.2, 0.25) is 0 Å². The van der Waals surface area contributed by atoms with Crippen LogP contribution in [-0.4, -0.2) is 59.2 Å². The Balaban J connectivity index is 1.84. The zero-order valence-corrected chi connectivity index (χ0v) is 22.2. The van der Waals surface area contributed by atoms with Crippen LogP contribution < -0.4 is 14.8 Å². The van der Waals surface area contributed by atoms with Crippen molar-refractivity contribution in [3.63, 3.8) is 0 Å². The number of esters is 1. The number of ether oxygens (including phenoxy) is 4. The summed E-state index contributed by atoms with van der Waals surface area (Å²) in [4.78, 5) is 30.9. The third-order valence-electron chi connectivity index (χ3n) is 5.50. The van der Waals surface area contributed by atoms with E-state index in [0.717, 1.165) is 22.3 Å². The second kappa shape index (κ2) is 13.4. The van der Waals surface area contributed by atoms with E-state index in [-0.39, 0.29) is 12.1 Å². The maximum absolute atomic E-state index is 12.9. The summed E-state index contributed by atoms with van der Waals surface area (Å²) < 4.78 is 21.4. The molecule has 0 aliphatic heterocycles. The molecule has 0 saturated heterocycles. The lowest BCUT2D eigenvalue weighted by atomic mass is 9.98. The highest BCUT2D eigenvalue weighted by atomic mass is 32.1. The molecular weight excluding hydrogens is 496 g/mol. The lowest BCUT2D eigenvalue weighted by Crippen LogP contribution is -2.46.